The SMILES string of the molecule is CC(N)C(C)C(=O)N1CCc2cc(C(C)(C)C)ccc21. The third-order valence-corrected chi connectivity index (χ3v) is 4.29. The minimum Gasteiger partial charge on any atom is -0.327 e. The first-order valence-corrected chi connectivity index (χ1v) is 7.42. The van der Waals surface area contributed by atoms with Crippen molar-refractivity contribution in [3.63, 3.8) is 0 Å². The first-order valence-electron chi connectivity index (χ1n) is 7.42. The number of nitrogens with zero attached hydrogens (tertiary/aromatic N) is 1. The average molecular weight is 274 g/mol. The van der Waals surface area contributed by atoms with Crippen molar-refractivity contribution in [2.24, 2.45) is 11.7 Å². The lowest BCUT2D eigenvalue weighted by molar-refractivity contribution is -0.122. The number of hydrogen-bond acceptors (Lipinski definition) is 2. The largest absolute Gasteiger partial charge is 0.327 e. The lowest BCUT2D eigenvalue weighted by atomic mass is 9.86. The zero-order chi connectivity index (χ0) is 15.1. The van der Waals surface area contributed by atoms with Crippen LogP contribution in [0.5, 0.6) is 0 Å². The predicted molar refractivity (Wildman–Crippen MR) is 84.0 cm³/mol. The monoisotopic (exact) mass is 274 g/mol. The third kappa shape index (κ3) is 2.73. The Morgan fingerprint density at radius 3 is 2.50 bits per heavy atom. The molecule has 0 saturated heterocycles. The number of fused-ring (bicyclic) bond motifs is 1. The van der Waals surface area contributed by atoms with Crippen LogP contribution in [0, 0.1) is 5.92 Å². The molecule has 1 aliphatic rings. The quantitative estimate of drug-likeness (QED) is 0.901. The van der Waals surface area contributed by atoms with Crippen LogP contribution in [0.1, 0.15) is 45.7 Å². The van der Waals surface area contributed by atoms with Crippen molar-refractivity contribution >= 4 is 11.6 Å². The molecular formula is C17H26N2O. The number of nitrogens with two attached hydrogens (primary N) is 1. The molecule has 0 saturated carbocycles. The van der Waals surface area contributed by atoms with Crippen molar-refractivity contribution in [1.82, 2.24) is 0 Å². The fourth-order valence-corrected chi connectivity index (χ4v) is 2.57. The Bertz CT molecular complexity index is 514. The van der Waals surface area contributed by atoms with E-state index in [1.807, 2.05) is 18.7 Å². The van der Waals surface area contributed by atoms with Gasteiger partial charge in [0.15, 0.2) is 0 Å². The van der Waals surface area contributed by atoms with Gasteiger partial charge < -0.3 is 10.6 Å². The molecule has 0 bridgehead atoms. The van der Waals surface area contributed by atoms with E-state index in [9.17, 15) is 4.79 Å². The maximum absolute atomic E-state index is 12.5. The number of carbonyl (C=O) groups is 1. The van der Waals surface area contributed by atoms with E-state index in [-0.39, 0.29) is 23.3 Å². The molecule has 1 amide bonds. The lowest BCUT2D eigenvalue weighted by Crippen LogP contribution is -2.41. The molecular weight excluding hydrogens is 248 g/mol. The molecule has 1 heterocycles. The minimum absolute atomic E-state index is 0.111. The van der Waals surface area contributed by atoms with E-state index >= 15 is 0 Å². The topological polar surface area (TPSA) is 46.3 Å². The summed E-state index contributed by atoms with van der Waals surface area (Å²) in [5.41, 5.74) is 9.67. The standard InChI is InChI=1S/C17H26N2O/c1-11(12(2)18)16(20)19-9-8-13-10-14(17(3,4)5)6-7-15(13)19/h6-7,10-12H,8-9,18H2,1-5H3. The van der Waals surface area contributed by atoms with Gasteiger partial charge in [-0.15, -0.1) is 0 Å². The van der Waals surface area contributed by atoms with Crippen LogP contribution >= 0.6 is 0 Å². The summed E-state index contributed by atoms with van der Waals surface area (Å²) in [7, 11) is 0. The summed E-state index contributed by atoms with van der Waals surface area (Å²) in [5.74, 6) is 0.00509. The van der Waals surface area contributed by atoms with Gasteiger partial charge in [0.1, 0.15) is 0 Å². The summed E-state index contributed by atoms with van der Waals surface area (Å²) in [4.78, 5) is 14.4. The lowest BCUT2D eigenvalue weighted by Gasteiger charge is -2.25. The van der Waals surface area contributed by atoms with E-state index in [0.717, 1.165) is 18.7 Å². The Morgan fingerprint density at radius 1 is 1.30 bits per heavy atom. The van der Waals surface area contributed by atoms with Gasteiger partial charge in [-0.1, -0.05) is 39.8 Å². The highest BCUT2D eigenvalue weighted by atomic mass is 16.2. The number of hydrogen-bond donors (Lipinski definition) is 1. The molecule has 3 heteroatoms. The number of benzene rings is 1. The van der Waals surface area contributed by atoms with E-state index in [2.05, 4.69) is 39.0 Å². The highest BCUT2D eigenvalue weighted by molar-refractivity contribution is 5.97. The molecule has 0 fully saturated rings. The second-order valence-corrected chi connectivity index (χ2v) is 6.98. The zero-order valence-electron chi connectivity index (χ0n) is 13.2. The van der Waals surface area contributed by atoms with Gasteiger partial charge in [0, 0.05) is 18.3 Å². The Labute approximate surface area is 122 Å². The summed E-state index contributed by atoms with van der Waals surface area (Å²) in [5, 5.41) is 0. The average Bonchev–Trinajstić information content (AvgIpc) is 2.78. The van der Waals surface area contributed by atoms with Gasteiger partial charge in [-0.3, -0.25) is 4.79 Å². The van der Waals surface area contributed by atoms with Crippen LogP contribution in [0.15, 0.2) is 18.2 Å². The number of carbonyl (C=O) groups excluding carboxylic acids is 1. The summed E-state index contributed by atoms with van der Waals surface area (Å²) in [6.07, 6.45) is 0.941. The van der Waals surface area contributed by atoms with Gasteiger partial charge in [0.05, 0.1) is 5.92 Å². The van der Waals surface area contributed by atoms with Gasteiger partial charge in [-0.2, -0.15) is 0 Å². The van der Waals surface area contributed by atoms with Crippen molar-refractivity contribution < 1.29 is 4.79 Å². The maximum atomic E-state index is 12.5. The molecule has 2 rings (SSSR count). The van der Waals surface area contributed by atoms with Crippen molar-refractivity contribution in [3.05, 3.63) is 29.3 Å². The molecule has 110 valence electrons. The molecule has 0 aliphatic carbocycles. The number of amides is 1. The maximum Gasteiger partial charge on any atom is 0.231 e. The minimum atomic E-state index is -0.136. The molecule has 3 nitrogen and oxygen atoms in total. The second kappa shape index (κ2) is 5.21. The predicted octanol–water partition coefficient (Wildman–Crippen LogP) is 2.86. The highest BCUT2D eigenvalue weighted by Crippen LogP contribution is 2.33. The van der Waals surface area contributed by atoms with Crippen molar-refractivity contribution in [2.45, 2.75) is 52.5 Å². The second-order valence-electron chi connectivity index (χ2n) is 6.98. The molecule has 2 atom stereocenters. The summed E-state index contributed by atoms with van der Waals surface area (Å²) < 4.78 is 0. The van der Waals surface area contributed by atoms with Gasteiger partial charge >= 0.3 is 0 Å². The van der Waals surface area contributed by atoms with Gasteiger partial charge in [-0.25, -0.2) is 0 Å². The highest BCUT2D eigenvalue weighted by Gasteiger charge is 2.30. The van der Waals surface area contributed by atoms with Gasteiger partial charge in [0.25, 0.3) is 0 Å². The Balaban J connectivity index is 2.28. The van der Waals surface area contributed by atoms with Crippen LogP contribution in [0.3, 0.4) is 0 Å². The van der Waals surface area contributed by atoms with E-state index < -0.39 is 0 Å². The molecule has 0 aromatic heterocycles. The van der Waals surface area contributed by atoms with E-state index in [1.165, 1.54) is 11.1 Å². The van der Waals surface area contributed by atoms with Crippen LogP contribution in [0.2, 0.25) is 0 Å². The van der Waals surface area contributed by atoms with E-state index in [0.29, 0.717) is 0 Å². The molecule has 1 aliphatic heterocycles. The van der Waals surface area contributed by atoms with Crippen molar-refractivity contribution in [3.8, 4) is 0 Å². The summed E-state index contributed by atoms with van der Waals surface area (Å²) in [6.45, 7) is 11.2. The van der Waals surface area contributed by atoms with Crippen LogP contribution in [-0.2, 0) is 16.6 Å². The fraction of sp³-hybridized carbons (Fsp3) is 0.588. The van der Waals surface area contributed by atoms with Crippen LogP contribution in [0.25, 0.3) is 0 Å². The molecule has 20 heavy (non-hydrogen) atoms. The molecule has 1 aromatic rings. The van der Waals surface area contributed by atoms with Crippen molar-refractivity contribution in [1.29, 1.82) is 0 Å². The molecule has 1 aromatic carbocycles. The summed E-state index contributed by atoms with van der Waals surface area (Å²) >= 11 is 0. The normalized spacial score (nSPS) is 17.8. The first-order chi connectivity index (χ1) is 9.21. The molecule has 0 radical (unpaired) electrons. The van der Waals surface area contributed by atoms with Crippen molar-refractivity contribution in [2.75, 3.05) is 11.4 Å². The Kier molecular flexibility index (Phi) is 3.92. The zero-order valence-corrected chi connectivity index (χ0v) is 13.2. The Morgan fingerprint density at radius 2 is 1.95 bits per heavy atom. The molecule has 2 N–H and O–H groups in total. The Hall–Kier alpha value is -1.35. The van der Waals surface area contributed by atoms with Crippen LogP contribution < -0.4 is 10.6 Å². The third-order valence-electron chi connectivity index (χ3n) is 4.29. The van der Waals surface area contributed by atoms with Crippen LogP contribution in [0.4, 0.5) is 5.69 Å². The van der Waals surface area contributed by atoms with E-state index in [4.69, 9.17) is 5.73 Å². The molecule has 2 unspecified atom stereocenters. The number of rotatable bonds is 2. The van der Waals surface area contributed by atoms with Gasteiger partial charge in [0.2, 0.25) is 5.91 Å². The van der Waals surface area contributed by atoms with Gasteiger partial charge in [-0.05, 0) is 36.0 Å². The smallest absolute Gasteiger partial charge is 0.231 e. The summed E-state index contributed by atoms with van der Waals surface area (Å²) in [6, 6.07) is 6.37. The van der Waals surface area contributed by atoms with Crippen LogP contribution in [-0.4, -0.2) is 18.5 Å². The fourth-order valence-electron chi connectivity index (χ4n) is 2.57. The number of anilines is 1. The van der Waals surface area contributed by atoms with E-state index in [1.54, 1.807) is 0 Å². The first kappa shape index (κ1) is 15.0. The molecule has 0 spiro atoms.